The average Bonchev–Trinajstić information content (AvgIpc) is 2.88. The molecule has 0 unspecified atom stereocenters. The number of sulfonamides is 1. The molecule has 3 aromatic rings. The number of likely N-dealkylation sites (N-methyl/N-ethyl adjacent to an activating group) is 1. The number of nitrogens with zero attached hydrogens (tertiary/aromatic N) is 2. The number of anilines is 1. The van der Waals surface area contributed by atoms with Crippen molar-refractivity contribution in [1.29, 1.82) is 0 Å². The van der Waals surface area contributed by atoms with Crippen molar-refractivity contribution in [2.75, 3.05) is 17.9 Å². The second kappa shape index (κ2) is 12.2. The highest BCUT2D eigenvalue weighted by atomic mass is 35.5. The third-order valence-corrected chi connectivity index (χ3v) is 8.08. The van der Waals surface area contributed by atoms with Crippen molar-refractivity contribution in [3.05, 3.63) is 94.8 Å². The van der Waals surface area contributed by atoms with Crippen LogP contribution in [0.1, 0.15) is 24.5 Å². The Bertz CT molecular complexity index is 1370. The molecule has 37 heavy (non-hydrogen) atoms. The van der Waals surface area contributed by atoms with Crippen LogP contribution in [0.2, 0.25) is 5.02 Å². The van der Waals surface area contributed by atoms with Gasteiger partial charge in [-0.15, -0.1) is 0 Å². The summed E-state index contributed by atoms with van der Waals surface area (Å²) < 4.78 is 43.0. The van der Waals surface area contributed by atoms with E-state index in [0.717, 1.165) is 15.9 Å². The average molecular weight is 546 g/mol. The summed E-state index contributed by atoms with van der Waals surface area (Å²) in [5.74, 6) is -1.90. The topological polar surface area (TPSA) is 86.8 Å². The van der Waals surface area contributed by atoms with Gasteiger partial charge >= 0.3 is 0 Å². The fourth-order valence-corrected chi connectivity index (χ4v) is 5.52. The van der Waals surface area contributed by atoms with Gasteiger partial charge in [-0.05, 0) is 49.2 Å². The number of aryl methyl sites for hydroxylation is 1. The predicted molar refractivity (Wildman–Crippen MR) is 142 cm³/mol. The molecule has 0 aliphatic carbocycles. The van der Waals surface area contributed by atoms with Crippen LogP contribution in [0.4, 0.5) is 10.1 Å². The number of carbonyl (C=O) groups is 2. The third-order valence-electron chi connectivity index (χ3n) is 5.94. The van der Waals surface area contributed by atoms with Gasteiger partial charge in [0.15, 0.2) is 0 Å². The lowest BCUT2D eigenvalue weighted by molar-refractivity contribution is -0.140. The molecule has 0 aliphatic rings. The van der Waals surface area contributed by atoms with E-state index in [0.29, 0.717) is 10.6 Å². The highest BCUT2D eigenvalue weighted by molar-refractivity contribution is 7.92. The van der Waals surface area contributed by atoms with Gasteiger partial charge in [-0.1, -0.05) is 66.6 Å². The van der Waals surface area contributed by atoms with Crippen LogP contribution in [0.5, 0.6) is 0 Å². The molecule has 1 N–H and O–H groups in total. The van der Waals surface area contributed by atoms with E-state index in [2.05, 4.69) is 5.32 Å². The zero-order valence-corrected chi connectivity index (χ0v) is 22.4. The smallest absolute Gasteiger partial charge is 0.264 e. The molecule has 0 spiro atoms. The molecule has 3 aromatic carbocycles. The molecule has 1 atom stereocenters. The fraction of sp³-hybridized carbons (Fsp3) is 0.259. The Morgan fingerprint density at radius 3 is 2.22 bits per heavy atom. The van der Waals surface area contributed by atoms with Crippen LogP contribution in [0.25, 0.3) is 0 Å². The number of halogens is 2. The van der Waals surface area contributed by atoms with Crippen LogP contribution in [-0.2, 0) is 26.2 Å². The van der Waals surface area contributed by atoms with Crippen LogP contribution in [-0.4, -0.2) is 44.8 Å². The molecule has 0 bridgehead atoms. The van der Waals surface area contributed by atoms with Crippen LogP contribution in [0.3, 0.4) is 0 Å². The number of benzene rings is 3. The van der Waals surface area contributed by atoms with Gasteiger partial charge in [0.25, 0.3) is 10.0 Å². The van der Waals surface area contributed by atoms with Crippen molar-refractivity contribution in [3.63, 3.8) is 0 Å². The zero-order chi connectivity index (χ0) is 27.2. The number of amides is 2. The van der Waals surface area contributed by atoms with Crippen molar-refractivity contribution in [1.82, 2.24) is 10.2 Å². The molecule has 196 valence electrons. The monoisotopic (exact) mass is 545 g/mol. The van der Waals surface area contributed by atoms with Crippen molar-refractivity contribution in [3.8, 4) is 0 Å². The van der Waals surface area contributed by atoms with Gasteiger partial charge in [-0.2, -0.15) is 0 Å². The number of hydrogen-bond acceptors (Lipinski definition) is 4. The summed E-state index contributed by atoms with van der Waals surface area (Å²) in [7, 11) is -2.89. The van der Waals surface area contributed by atoms with E-state index < -0.39 is 40.2 Å². The van der Waals surface area contributed by atoms with Gasteiger partial charge in [-0.25, -0.2) is 12.8 Å². The van der Waals surface area contributed by atoms with Crippen LogP contribution < -0.4 is 9.62 Å². The largest absolute Gasteiger partial charge is 0.357 e. The van der Waals surface area contributed by atoms with Gasteiger partial charge in [-0.3, -0.25) is 13.9 Å². The van der Waals surface area contributed by atoms with E-state index in [9.17, 15) is 22.4 Å². The maximum absolute atomic E-state index is 14.9. The van der Waals surface area contributed by atoms with Crippen molar-refractivity contribution >= 4 is 39.1 Å². The molecule has 3 rings (SSSR count). The molecule has 0 heterocycles. The predicted octanol–water partition coefficient (Wildman–Crippen LogP) is 4.54. The maximum Gasteiger partial charge on any atom is 0.264 e. The number of hydrogen-bond donors (Lipinski definition) is 1. The first kappa shape index (κ1) is 28.1. The number of carbonyl (C=O) groups excluding carboxylic acids is 2. The minimum Gasteiger partial charge on any atom is -0.357 e. The third kappa shape index (κ3) is 6.47. The summed E-state index contributed by atoms with van der Waals surface area (Å²) in [6.45, 7) is 2.78. The lowest BCUT2D eigenvalue weighted by Crippen LogP contribution is -2.51. The van der Waals surface area contributed by atoms with Crippen molar-refractivity contribution < 1.29 is 22.4 Å². The highest BCUT2D eigenvalue weighted by Crippen LogP contribution is 2.27. The second-order valence-electron chi connectivity index (χ2n) is 8.43. The Kier molecular flexibility index (Phi) is 9.29. The van der Waals surface area contributed by atoms with Crippen LogP contribution in [0, 0.1) is 12.7 Å². The molecule has 0 radical (unpaired) electrons. The van der Waals surface area contributed by atoms with E-state index in [4.69, 9.17) is 11.6 Å². The molecule has 0 aromatic heterocycles. The second-order valence-corrected chi connectivity index (χ2v) is 10.7. The number of para-hydroxylation sites is 1. The minimum absolute atomic E-state index is 0.0415. The number of rotatable bonds is 10. The normalized spacial score (nSPS) is 12.0. The Morgan fingerprint density at radius 1 is 1.00 bits per heavy atom. The maximum atomic E-state index is 14.9. The van der Waals surface area contributed by atoms with Crippen LogP contribution >= 0.6 is 11.6 Å². The molecule has 0 aliphatic heterocycles. The zero-order valence-electron chi connectivity index (χ0n) is 20.8. The quantitative estimate of drug-likeness (QED) is 0.405. The molecule has 2 amide bonds. The Labute approximate surface area is 221 Å². The Balaban J connectivity index is 2.08. The summed E-state index contributed by atoms with van der Waals surface area (Å²) in [5, 5.41) is 2.94. The van der Waals surface area contributed by atoms with Gasteiger partial charge in [0.05, 0.1) is 10.6 Å². The summed E-state index contributed by atoms with van der Waals surface area (Å²) in [6.07, 6.45) is 0.264. The van der Waals surface area contributed by atoms with Gasteiger partial charge in [0.2, 0.25) is 11.8 Å². The molecule has 0 saturated heterocycles. The lowest BCUT2D eigenvalue weighted by Gasteiger charge is -2.33. The number of nitrogens with one attached hydrogen (secondary N) is 1. The van der Waals surface area contributed by atoms with E-state index in [-0.39, 0.29) is 23.5 Å². The van der Waals surface area contributed by atoms with E-state index in [1.807, 2.05) is 6.92 Å². The highest BCUT2D eigenvalue weighted by Gasteiger charge is 2.34. The summed E-state index contributed by atoms with van der Waals surface area (Å²) in [6, 6.07) is 17.4. The van der Waals surface area contributed by atoms with E-state index >= 15 is 0 Å². The fourth-order valence-electron chi connectivity index (χ4n) is 3.90. The van der Waals surface area contributed by atoms with Crippen LogP contribution in [0.15, 0.2) is 77.7 Å². The molecule has 0 saturated carbocycles. The van der Waals surface area contributed by atoms with Gasteiger partial charge in [0, 0.05) is 18.6 Å². The summed E-state index contributed by atoms with van der Waals surface area (Å²) in [4.78, 5) is 27.7. The first-order valence-corrected chi connectivity index (χ1v) is 13.5. The van der Waals surface area contributed by atoms with E-state index in [1.54, 1.807) is 43.3 Å². The molecular formula is C27H29ClFN3O4S. The lowest BCUT2D eigenvalue weighted by atomic mass is 10.1. The molecule has 10 heteroatoms. The Morgan fingerprint density at radius 2 is 1.62 bits per heavy atom. The van der Waals surface area contributed by atoms with Gasteiger partial charge in [0.1, 0.15) is 18.4 Å². The van der Waals surface area contributed by atoms with Crippen molar-refractivity contribution in [2.45, 2.75) is 37.8 Å². The SMILES string of the molecule is CC[C@H](C(=O)NC)N(Cc1ccccc1Cl)C(=O)CN(c1ccccc1F)S(=O)(=O)c1ccc(C)cc1. The van der Waals surface area contributed by atoms with Gasteiger partial charge < -0.3 is 10.2 Å². The van der Waals surface area contributed by atoms with Crippen molar-refractivity contribution in [2.24, 2.45) is 0 Å². The summed E-state index contributed by atoms with van der Waals surface area (Å²) in [5.41, 5.74) is 1.15. The first-order chi connectivity index (χ1) is 17.6. The standard InChI is InChI=1S/C27H29ClFN3O4S/c1-4-24(27(34)30-3)31(17-20-9-5-6-10-22(20)28)26(33)18-32(25-12-8-7-11-23(25)29)37(35,36)21-15-13-19(2)14-16-21/h5-16,24H,4,17-18H2,1-3H3,(H,30,34)/t24-/m1/s1. The first-order valence-electron chi connectivity index (χ1n) is 11.7. The molecule has 0 fully saturated rings. The molecule has 7 nitrogen and oxygen atoms in total. The van der Waals surface area contributed by atoms with E-state index in [1.165, 1.54) is 42.3 Å². The molecular weight excluding hydrogens is 517 g/mol. The Hall–Kier alpha value is -3.43. The summed E-state index contributed by atoms with van der Waals surface area (Å²) >= 11 is 6.33. The minimum atomic E-state index is -4.34.